The van der Waals surface area contributed by atoms with Crippen LogP contribution < -0.4 is 5.32 Å². The van der Waals surface area contributed by atoms with Crippen LogP contribution in [-0.2, 0) is 4.74 Å². The average Bonchev–Trinajstić information content (AvgIpc) is 2.27. The van der Waals surface area contributed by atoms with Crippen molar-refractivity contribution in [3.63, 3.8) is 0 Å². The summed E-state index contributed by atoms with van der Waals surface area (Å²) in [4.78, 5) is 11.8. The zero-order valence-electron chi connectivity index (χ0n) is 11.8. The first-order valence-corrected chi connectivity index (χ1v) is 8.10. The van der Waals surface area contributed by atoms with E-state index < -0.39 is 5.60 Å². The van der Waals surface area contributed by atoms with Crippen molar-refractivity contribution in [3.8, 4) is 0 Å². The fourth-order valence-corrected chi connectivity index (χ4v) is 3.03. The van der Waals surface area contributed by atoms with Gasteiger partial charge in [-0.15, -0.1) is 0 Å². The molecule has 3 nitrogen and oxygen atoms in total. The van der Waals surface area contributed by atoms with Crippen LogP contribution >= 0.6 is 15.9 Å². The van der Waals surface area contributed by atoms with Gasteiger partial charge in [-0.2, -0.15) is 0 Å². The number of carbonyl (C=O) groups is 1. The molecule has 1 N–H and O–H groups in total. The molecule has 106 valence electrons. The van der Waals surface area contributed by atoms with Gasteiger partial charge in [-0.25, -0.2) is 4.79 Å². The van der Waals surface area contributed by atoms with Gasteiger partial charge in [0.15, 0.2) is 0 Å². The number of ether oxygens (including phenoxy) is 1. The van der Waals surface area contributed by atoms with E-state index in [-0.39, 0.29) is 12.1 Å². The Kier molecular flexibility index (Phi) is 6.47. The van der Waals surface area contributed by atoms with Crippen LogP contribution in [-0.4, -0.2) is 23.1 Å². The van der Waals surface area contributed by atoms with Crippen molar-refractivity contribution in [2.45, 2.75) is 70.9 Å². The van der Waals surface area contributed by atoms with Crippen molar-refractivity contribution in [2.24, 2.45) is 5.92 Å². The van der Waals surface area contributed by atoms with Crippen LogP contribution in [0.4, 0.5) is 4.79 Å². The minimum Gasteiger partial charge on any atom is -0.444 e. The third-order valence-corrected chi connectivity index (χ3v) is 3.80. The third-order valence-electron chi connectivity index (χ3n) is 3.34. The van der Waals surface area contributed by atoms with Crippen molar-refractivity contribution < 1.29 is 9.53 Å². The molecule has 0 aromatic carbocycles. The Hall–Kier alpha value is -0.250. The highest BCUT2D eigenvalue weighted by molar-refractivity contribution is 9.09. The predicted molar refractivity (Wildman–Crippen MR) is 78.1 cm³/mol. The molecular weight excluding hydrogens is 294 g/mol. The normalized spacial score (nSPS) is 19.3. The van der Waals surface area contributed by atoms with Gasteiger partial charge in [0.05, 0.1) is 0 Å². The lowest BCUT2D eigenvalue weighted by atomic mass is 9.83. The molecule has 4 heteroatoms. The fraction of sp³-hybridized carbons (Fsp3) is 0.929. The summed E-state index contributed by atoms with van der Waals surface area (Å²) in [6, 6.07) is 0.250. The lowest BCUT2D eigenvalue weighted by Gasteiger charge is -2.31. The van der Waals surface area contributed by atoms with Crippen LogP contribution in [0.3, 0.4) is 0 Å². The Morgan fingerprint density at radius 1 is 1.33 bits per heavy atom. The van der Waals surface area contributed by atoms with Gasteiger partial charge in [0.1, 0.15) is 5.60 Å². The molecule has 1 rings (SSSR count). The molecule has 1 amide bonds. The molecule has 0 unspecified atom stereocenters. The Bertz CT molecular complexity index is 257. The summed E-state index contributed by atoms with van der Waals surface area (Å²) in [5.74, 6) is 0.615. The summed E-state index contributed by atoms with van der Waals surface area (Å²) in [5, 5.41) is 3.97. The van der Waals surface area contributed by atoms with Crippen molar-refractivity contribution in [2.75, 3.05) is 5.33 Å². The van der Waals surface area contributed by atoms with Gasteiger partial charge >= 0.3 is 6.09 Å². The highest BCUT2D eigenvalue weighted by Gasteiger charge is 2.26. The number of nitrogens with one attached hydrogen (secondary N) is 1. The van der Waals surface area contributed by atoms with Crippen molar-refractivity contribution in [1.82, 2.24) is 5.32 Å². The number of amides is 1. The summed E-state index contributed by atoms with van der Waals surface area (Å²) in [6.07, 6.45) is 7.08. The molecule has 18 heavy (non-hydrogen) atoms. The van der Waals surface area contributed by atoms with E-state index in [1.807, 2.05) is 20.8 Å². The first-order chi connectivity index (χ1) is 8.42. The molecule has 1 saturated carbocycles. The number of hydrogen-bond acceptors (Lipinski definition) is 2. The monoisotopic (exact) mass is 319 g/mol. The SMILES string of the molecule is CC(C)(C)OC(=O)N[C@@H](CCBr)C1CCCCC1. The van der Waals surface area contributed by atoms with E-state index in [1.165, 1.54) is 32.1 Å². The van der Waals surface area contributed by atoms with Gasteiger partial charge in [0.2, 0.25) is 0 Å². The van der Waals surface area contributed by atoms with E-state index in [0.29, 0.717) is 5.92 Å². The van der Waals surface area contributed by atoms with Gasteiger partial charge < -0.3 is 10.1 Å². The predicted octanol–water partition coefficient (Wildman–Crippen LogP) is 4.25. The van der Waals surface area contributed by atoms with Crippen LogP contribution in [0.1, 0.15) is 59.3 Å². The molecule has 1 atom stereocenters. The fourth-order valence-electron chi connectivity index (χ4n) is 2.54. The van der Waals surface area contributed by atoms with Crippen molar-refractivity contribution in [1.29, 1.82) is 0 Å². The Morgan fingerprint density at radius 2 is 1.94 bits per heavy atom. The number of rotatable bonds is 4. The molecule has 0 aromatic heterocycles. The van der Waals surface area contributed by atoms with Gasteiger partial charge in [0.25, 0.3) is 0 Å². The van der Waals surface area contributed by atoms with Crippen LogP contribution in [0.2, 0.25) is 0 Å². The number of alkyl carbamates (subject to hydrolysis) is 1. The largest absolute Gasteiger partial charge is 0.444 e. The van der Waals surface area contributed by atoms with Crippen LogP contribution in [0, 0.1) is 5.92 Å². The number of carbonyl (C=O) groups excluding carboxylic acids is 1. The van der Waals surface area contributed by atoms with E-state index in [1.54, 1.807) is 0 Å². The summed E-state index contributed by atoms with van der Waals surface area (Å²) in [5.41, 5.74) is -0.421. The molecule has 1 fully saturated rings. The molecule has 0 aromatic rings. The second kappa shape index (κ2) is 7.37. The number of hydrogen-bond donors (Lipinski definition) is 1. The van der Waals surface area contributed by atoms with Crippen LogP contribution in [0.25, 0.3) is 0 Å². The topological polar surface area (TPSA) is 38.3 Å². The maximum Gasteiger partial charge on any atom is 0.407 e. The first-order valence-electron chi connectivity index (χ1n) is 6.98. The minimum atomic E-state index is -0.421. The molecule has 1 aliphatic carbocycles. The Morgan fingerprint density at radius 3 is 2.44 bits per heavy atom. The van der Waals surface area contributed by atoms with Gasteiger partial charge in [-0.05, 0) is 46.0 Å². The second-order valence-corrected chi connectivity index (χ2v) is 6.92. The summed E-state index contributed by atoms with van der Waals surface area (Å²) >= 11 is 3.48. The second-order valence-electron chi connectivity index (χ2n) is 6.13. The molecular formula is C14H26BrNO2. The molecule has 1 aliphatic rings. The summed E-state index contributed by atoms with van der Waals surface area (Å²) < 4.78 is 5.34. The Labute approximate surface area is 119 Å². The molecule has 0 heterocycles. The molecule has 0 spiro atoms. The smallest absolute Gasteiger partial charge is 0.407 e. The zero-order valence-corrected chi connectivity index (χ0v) is 13.4. The van der Waals surface area contributed by atoms with E-state index in [4.69, 9.17) is 4.74 Å². The highest BCUT2D eigenvalue weighted by Crippen LogP contribution is 2.28. The molecule has 0 aliphatic heterocycles. The van der Waals surface area contributed by atoms with Crippen molar-refractivity contribution in [3.05, 3.63) is 0 Å². The average molecular weight is 320 g/mol. The van der Waals surface area contributed by atoms with Gasteiger partial charge in [0, 0.05) is 11.4 Å². The Balaban J connectivity index is 2.48. The quantitative estimate of drug-likeness (QED) is 0.787. The van der Waals surface area contributed by atoms with Gasteiger partial charge in [-0.3, -0.25) is 0 Å². The standard InChI is InChI=1S/C14H26BrNO2/c1-14(2,3)18-13(17)16-12(9-10-15)11-7-5-4-6-8-11/h11-12H,4-10H2,1-3H3,(H,16,17)/t12-/m0/s1. The maximum atomic E-state index is 11.8. The third kappa shape index (κ3) is 6.07. The zero-order chi connectivity index (χ0) is 13.6. The van der Waals surface area contributed by atoms with E-state index in [0.717, 1.165) is 11.8 Å². The lowest BCUT2D eigenvalue weighted by Crippen LogP contribution is -2.43. The van der Waals surface area contributed by atoms with Gasteiger partial charge in [-0.1, -0.05) is 35.2 Å². The van der Waals surface area contributed by atoms with Crippen LogP contribution in [0.5, 0.6) is 0 Å². The first kappa shape index (κ1) is 15.8. The number of halogens is 1. The number of alkyl halides is 1. The lowest BCUT2D eigenvalue weighted by molar-refractivity contribution is 0.0475. The highest BCUT2D eigenvalue weighted by atomic mass is 79.9. The summed E-state index contributed by atoms with van der Waals surface area (Å²) in [7, 11) is 0. The molecule has 0 radical (unpaired) electrons. The molecule has 0 bridgehead atoms. The minimum absolute atomic E-state index is 0.250. The van der Waals surface area contributed by atoms with E-state index >= 15 is 0 Å². The van der Waals surface area contributed by atoms with Crippen LogP contribution in [0.15, 0.2) is 0 Å². The molecule has 0 saturated heterocycles. The van der Waals surface area contributed by atoms with E-state index in [9.17, 15) is 4.79 Å². The maximum absolute atomic E-state index is 11.8. The van der Waals surface area contributed by atoms with Crippen molar-refractivity contribution >= 4 is 22.0 Å². The summed E-state index contributed by atoms with van der Waals surface area (Å²) in [6.45, 7) is 5.69. The van der Waals surface area contributed by atoms with E-state index in [2.05, 4.69) is 21.2 Å².